The first-order valence-corrected chi connectivity index (χ1v) is 6.41. The standard InChI is InChI=1S/C14H17N3O3/c1-3-14(2,13(19)20)9-15-12(18)10-8-17-7-5-4-6-11(17)16-10/h4-8H,3,9H2,1-2H3,(H,15,18)(H,19,20). The van der Waals surface area contributed by atoms with Gasteiger partial charge in [-0.05, 0) is 25.5 Å². The Labute approximate surface area is 116 Å². The largest absolute Gasteiger partial charge is 0.481 e. The predicted octanol–water partition coefficient (Wildman–Crippen LogP) is 1.57. The second-order valence-corrected chi connectivity index (χ2v) is 4.99. The topological polar surface area (TPSA) is 83.7 Å². The van der Waals surface area contributed by atoms with Gasteiger partial charge in [-0.1, -0.05) is 13.0 Å². The van der Waals surface area contributed by atoms with Gasteiger partial charge in [-0.15, -0.1) is 0 Å². The maximum atomic E-state index is 12.0. The van der Waals surface area contributed by atoms with Gasteiger partial charge >= 0.3 is 5.97 Å². The molecule has 6 nitrogen and oxygen atoms in total. The lowest BCUT2D eigenvalue weighted by Crippen LogP contribution is -2.40. The minimum atomic E-state index is -0.963. The zero-order chi connectivity index (χ0) is 14.8. The highest BCUT2D eigenvalue weighted by Crippen LogP contribution is 2.20. The lowest BCUT2D eigenvalue weighted by atomic mass is 9.88. The van der Waals surface area contributed by atoms with E-state index in [-0.39, 0.29) is 18.1 Å². The van der Waals surface area contributed by atoms with Gasteiger partial charge in [0, 0.05) is 18.9 Å². The van der Waals surface area contributed by atoms with Gasteiger partial charge in [0.25, 0.3) is 5.91 Å². The summed E-state index contributed by atoms with van der Waals surface area (Å²) in [5, 5.41) is 11.8. The number of fused-ring (bicyclic) bond motifs is 1. The fraction of sp³-hybridized carbons (Fsp3) is 0.357. The summed E-state index contributed by atoms with van der Waals surface area (Å²) in [4.78, 5) is 27.4. The number of carboxylic acid groups (broad SMARTS) is 1. The minimum Gasteiger partial charge on any atom is -0.481 e. The van der Waals surface area contributed by atoms with Crippen LogP contribution in [0.2, 0.25) is 0 Å². The van der Waals surface area contributed by atoms with Gasteiger partial charge in [0.05, 0.1) is 5.41 Å². The van der Waals surface area contributed by atoms with E-state index >= 15 is 0 Å². The van der Waals surface area contributed by atoms with E-state index in [0.29, 0.717) is 12.1 Å². The normalized spacial score (nSPS) is 13.9. The molecule has 0 aromatic carbocycles. The molecule has 20 heavy (non-hydrogen) atoms. The van der Waals surface area contributed by atoms with E-state index in [1.165, 1.54) is 0 Å². The Morgan fingerprint density at radius 1 is 1.45 bits per heavy atom. The number of aromatic nitrogens is 2. The molecule has 0 fully saturated rings. The number of carbonyl (C=O) groups excluding carboxylic acids is 1. The third-order valence-corrected chi connectivity index (χ3v) is 3.53. The Balaban J connectivity index is 2.10. The van der Waals surface area contributed by atoms with Crippen molar-refractivity contribution in [3.8, 4) is 0 Å². The fourth-order valence-electron chi connectivity index (χ4n) is 1.76. The summed E-state index contributed by atoms with van der Waals surface area (Å²) >= 11 is 0. The molecule has 0 aliphatic heterocycles. The van der Waals surface area contributed by atoms with Crippen molar-refractivity contribution in [2.45, 2.75) is 20.3 Å². The van der Waals surface area contributed by atoms with E-state index in [2.05, 4.69) is 10.3 Å². The van der Waals surface area contributed by atoms with Crippen molar-refractivity contribution in [2.75, 3.05) is 6.54 Å². The highest BCUT2D eigenvalue weighted by molar-refractivity contribution is 5.93. The van der Waals surface area contributed by atoms with E-state index in [4.69, 9.17) is 5.11 Å². The fourth-order valence-corrected chi connectivity index (χ4v) is 1.76. The molecule has 2 heterocycles. The van der Waals surface area contributed by atoms with Crippen molar-refractivity contribution in [1.29, 1.82) is 0 Å². The number of hydrogen-bond acceptors (Lipinski definition) is 3. The Morgan fingerprint density at radius 2 is 2.20 bits per heavy atom. The molecule has 0 aliphatic carbocycles. The number of nitrogens with zero attached hydrogens (tertiary/aromatic N) is 2. The first kappa shape index (κ1) is 14.0. The van der Waals surface area contributed by atoms with E-state index in [1.807, 2.05) is 12.1 Å². The van der Waals surface area contributed by atoms with Gasteiger partial charge in [0.2, 0.25) is 0 Å². The van der Waals surface area contributed by atoms with Crippen LogP contribution in [-0.2, 0) is 4.79 Å². The van der Waals surface area contributed by atoms with E-state index in [1.54, 1.807) is 36.7 Å². The van der Waals surface area contributed by atoms with Crippen LogP contribution < -0.4 is 5.32 Å². The third kappa shape index (κ3) is 2.64. The van der Waals surface area contributed by atoms with E-state index < -0.39 is 11.4 Å². The lowest BCUT2D eigenvalue weighted by molar-refractivity contribution is -0.147. The maximum absolute atomic E-state index is 12.0. The molecule has 0 saturated heterocycles. The first-order chi connectivity index (χ1) is 9.46. The number of nitrogens with one attached hydrogen (secondary N) is 1. The van der Waals surface area contributed by atoms with Crippen LogP contribution in [0, 0.1) is 5.41 Å². The number of imidazole rings is 1. The van der Waals surface area contributed by atoms with Crippen LogP contribution in [0.4, 0.5) is 0 Å². The second kappa shape index (κ2) is 5.32. The number of aliphatic carboxylic acids is 1. The zero-order valence-electron chi connectivity index (χ0n) is 11.5. The van der Waals surface area contributed by atoms with Crippen LogP contribution in [0.1, 0.15) is 30.8 Å². The maximum Gasteiger partial charge on any atom is 0.311 e. The number of amides is 1. The van der Waals surface area contributed by atoms with Gasteiger partial charge < -0.3 is 14.8 Å². The molecule has 0 radical (unpaired) electrons. The van der Waals surface area contributed by atoms with Crippen molar-refractivity contribution in [2.24, 2.45) is 5.41 Å². The highest BCUT2D eigenvalue weighted by atomic mass is 16.4. The van der Waals surface area contributed by atoms with Crippen molar-refractivity contribution in [3.05, 3.63) is 36.3 Å². The highest BCUT2D eigenvalue weighted by Gasteiger charge is 2.31. The molecule has 6 heteroatoms. The van der Waals surface area contributed by atoms with Gasteiger partial charge in [-0.2, -0.15) is 0 Å². The van der Waals surface area contributed by atoms with Crippen LogP contribution in [0.25, 0.3) is 5.65 Å². The molecule has 0 bridgehead atoms. The molecular formula is C14H17N3O3. The van der Waals surface area contributed by atoms with Gasteiger partial charge in [-0.3, -0.25) is 9.59 Å². The van der Waals surface area contributed by atoms with Crippen molar-refractivity contribution in [1.82, 2.24) is 14.7 Å². The minimum absolute atomic E-state index is 0.0749. The molecular weight excluding hydrogens is 258 g/mol. The summed E-state index contributed by atoms with van der Waals surface area (Å²) in [6.45, 7) is 3.47. The molecule has 1 atom stereocenters. The van der Waals surface area contributed by atoms with Crippen LogP contribution in [0.3, 0.4) is 0 Å². The zero-order valence-corrected chi connectivity index (χ0v) is 11.5. The number of pyridine rings is 1. The molecule has 2 N–H and O–H groups in total. The van der Waals surface area contributed by atoms with Crippen LogP contribution in [0.15, 0.2) is 30.6 Å². The quantitative estimate of drug-likeness (QED) is 0.867. The predicted molar refractivity (Wildman–Crippen MR) is 73.6 cm³/mol. The molecule has 0 saturated carbocycles. The van der Waals surface area contributed by atoms with E-state index in [9.17, 15) is 9.59 Å². The average molecular weight is 275 g/mol. The smallest absolute Gasteiger partial charge is 0.311 e. The summed E-state index contributed by atoms with van der Waals surface area (Å²) in [6.07, 6.45) is 3.86. The number of carbonyl (C=O) groups is 2. The van der Waals surface area contributed by atoms with Gasteiger partial charge in [0.15, 0.2) is 0 Å². The molecule has 1 amide bonds. The molecule has 0 aliphatic rings. The SMILES string of the molecule is CCC(C)(CNC(=O)c1cn2ccccc2n1)C(=O)O. The van der Waals surface area contributed by atoms with Crippen LogP contribution in [0.5, 0.6) is 0 Å². The summed E-state index contributed by atoms with van der Waals surface area (Å²) in [5.74, 6) is -1.29. The Hall–Kier alpha value is -2.37. The second-order valence-electron chi connectivity index (χ2n) is 4.99. The third-order valence-electron chi connectivity index (χ3n) is 3.53. The summed E-state index contributed by atoms with van der Waals surface area (Å²) in [7, 11) is 0. The Morgan fingerprint density at radius 3 is 2.80 bits per heavy atom. The lowest BCUT2D eigenvalue weighted by Gasteiger charge is -2.22. The molecule has 2 aromatic heterocycles. The van der Waals surface area contributed by atoms with E-state index in [0.717, 1.165) is 0 Å². The van der Waals surface area contributed by atoms with Crippen LogP contribution in [-0.4, -0.2) is 32.9 Å². The molecule has 0 spiro atoms. The van der Waals surface area contributed by atoms with Crippen molar-refractivity contribution < 1.29 is 14.7 Å². The summed E-state index contributed by atoms with van der Waals surface area (Å²) in [5.41, 5.74) is -0.0105. The average Bonchev–Trinajstić information content (AvgIpc) is 2.88. The molecule has 2 rings (SSSR count). The van der Waals surface area contributed by atoms with Gasteiger partial charge in [0.1, 0.15) is 11.3 Å². The number of carboxylic acids is 1. The molecule has 2 aromatic rings. The monoisotopic (exact) mass is 275 g/mol. The Kier molecular flexibility index (Phi) is 3.74. The summed E-state index contributed by atoms with van der Waals surface area (Å²) in [6, 6.07) is 5.47. The van der Waals surface area contributed by atoms with Crippen LogP contribution >= 0.6 is 0 Å². The number of hydrogen-bond donors (Lipinski definition) is 2. The van der Waals surface area contributed by atoms with Crippen molar-refractivity contribution in [3.63, 3.8) is 0 Å². The number of rotatable bonds is 5. The molecule has 1 unspecified atom stereocenters. The van der Waals surface area contributed by atoms with Gasteiger partial charge in [-0.25, -0.2) is 4.98 Å². The first-order valence-electron chi connectivity index (χ1n) is 6.41. The summed E-state index contributed by atoms with van der Waals surface area (Å²) < 4.78 is 1.74. The van der Waals surface area contributed by atoms with Crippen molar-refractivity contribution >= 4 is 17.5 Å². The molecule has 106 valence electrons. The Bertz CT molecular complexity index is 617.